The molecular weight excluding hydrogens is 281 g/mol. The second kappa shape index (κ2) is 3.29. The standard InChI is InChI=1S/C7H6IN5/c8-6-2-10-4-11-7(6)13-3-5(9)1-12-13/h1-4H,9H2. The number of hydrogen-bond donors (Lipinski definition) is 1. The Hall–Kier alpha value is -1.18. The highest BCUT2D eigenvalue weighted by atomic mass is 127. The average Bonchev–Trinajstić information content (AvgIpc) is 2.53. The van der Waals surface area contributed by atoms with Crippen LogP contribution in [0.4, 0.5) is 5.69 Å². The first-order valence-electron chi connectivity index (χ1n) is 3.53. The molecule has 2 aromatic heterocycles. The number of nitrogens with two attached hydrogens (primary N) is 1. The molecule has 0 aromatic carbocycles. The van der Waals surface area contributed by atoms with Crippen LogP contribution in [0.2, 0.25) is 0 Å². The fourth-order valence-corrected chi connectivity index (χ4v) is 1.47. The van der Waals surface area contributed by atoms with Gasteiger partial charge in [0, 0.05) is 6.20 Å². The van der Waals surface area contributed by atoms with Crippen LogP contribution in [0.3, 0.4) is 0 Å². The van der Waals surface area contributed by atoms with Crippen LogP contribution >= 0.6 is 22.6 Å². The molecule has 0 radical (unpaired) electrons. The summed E-state index contributed by atoms with van der Waals surface area (Å²) in [4.78, 5) is 7.97. The normalized spacial score (nSPS) is 10.2. The van der Waals surface area contributed by atoms with Gasteiger partial charge in [0.2, 0.25) is 0 Å². The first-order chi connectivity index (χ1) is 6.27. The second-order valence-corrected chi connectivity index (χ2v) is 3.57. The molecule has 13 heavy (non-hydrogen) atoms. The Morgan fingerprint density at radius 3 is 2.85 bits per heavy atom. The minimum Gasteiger partial charge on any atom is -0.396 e. The largest absolute Gasteiger partial charge is 0.396 e. The molecule has 0 spiro atoms. The SMILES string of the molecule is Nc1cnn(-c2ncncc2I)c1. The van der Waals surface area contributed by atoms with E-state index in [-0.39, 0.29) is 0 Å². The summed E-state index contributed by atoms with van der Waals surface area (Å²) in [5.41, 5.74) is 6.16. The maximum atomic E-state index is 5.54. The smallest absolute Gasteiger partial charge is 0.170 e. The predicted octanol–water partition coefficient (Wildman–Crippen LogP) is 0.849. The zero-order valence-corrected chi connectivity index (χ0v) is 8.71. The van der Waals surface area contributed by atoms with Gasteiger partial charge in [0.1, 0.15) is 6.33 Å². The third kappa shape index (κ3) is 1.62. The first-order valence-corrected chi connectivity index (χ1v) is 4.61. The lowest BCUT2D eigenvalue weighted by Gasteiger charge is -2.00. The molecule has 2 N–H and O–H groups in total. The minimum atomic E-state index is 0.620. The summed E-state index contributed by atoms with van der Waals surface area (Å²) in [5.74, 6) is 0.743. The van der Waals surface area contributed by atoms with Crippen LogP contribution in [0.25, 0.3) is 5.82 Å². The monoisotopic (exact) mass is 287 g/mol. The third-order valence-electron chi connectivity index (χ3n) is 1.47. The van der Waals surface area contributed by atoms with Crippen molar-refractivity contribution in [2.45, 2.75) is 0 Å². The highest BCUT2D eigenvalue weighted by Crippen LogP contribution is 2.12. The number of nitrogen functional groups attached to an aromatic ring is 1. The summed E-state index contributed by atoms with van der Waals surface area (Å²) >= 11 is 2.15. The summed E-state index contributed by atoms with van der Waals surface area (Å²) in [7, 11) is 0. The van der Waals surface area contributed by atoms with Crippen LogP contribution in [-0.2, 0) is 0 Å². The van der Waals surface area contributed by atoms with E-state index in [4.69, 9.17) is 5.73 Å². The van der Waals surface area contributed by atoms with Crippen molar-refractivity contribution in [1.29, 1.82) is 0 Å². The van der Waals surface area contributed by atoms with E-state index in [9.17, 15) is 0 Å². The van der Waals surface area contributed by atoms with Crippen LogP contribution in [0, 0.1) is 3.57 Å². The summed E-state index contributed by atoms with van der Waals surface area (Å²) in [6, 6.07) is 0. The number of nitrogens with zero attached hydrogens (tertiary/aromatic N) is 4. The van der Waals surface area contributed by atoms with Crippen LogP contribution in [0.15, 0.2) is 24.9 Å². The van der Waals surface area contributed by atoms with Gasteiger partial charge in [-0.05, 0) is 22.6 Å². The number of halogens is 1. The molecule has 0 amide bonds. The summed E-state index contributed by atoms with van der Waals surface area (Å²) in [6.45, 7) is 0. The van der Waals surface area contributed by atoms with Gasteiger partial charge in [-0.1, -0.05) is 0 Å². The molecule has 0 aliphatic carbocycles. The van der Waals surface area contributed by atoms with Crippen molar-refractivity contribution in [2.24, 2.45) is 0 Å². The Bertz CT molecular complexity index is 424. The zero-order valence-electron chi connectivity index (χ0n) is 6.55. The number of hydrogen-bond acceptors (Lipinski definition) is 4. The maximum absolute atomic E-state index is 5.54. The van der Waals surface area contributed by atoms with Crippen molar-refractivity contribution < 1.29 is 0 Å². The molecule has 0 fully saturated rings. The number of aromatic nitrogens is 4. The molecule has 0 saturated carbocycles. The molecule has 2 aromatic rings. The van der Waals surface area contributed by atoms with Gasteiger partial charge in [0.15, 0.2) is 5.82 Å². The molecule has 0 aliphatic rings. The molecule has 6 heteroatoms. The van der Waals surface area contributed by atoms with Crippen LogP contribution < -0.4 is 5.73 Å². The van der Waals surface area contributed by atoms with Crippen LogP contribution in [-0.4, -0.2) is 19.7 Å². The van der Waals surface area contributed by atoms with Gasteiger partial charge in [-0.25, -0.2) is 14.6 Å². The minimum absolute atomic E-state index is 0.620. The summed E-state index contributed by atoms with van der Waals surface area (Å²) in [6.07, 6.45) is 6.50. The molecule has 2 heterocycles. The van der Waals surface area contributed by atoms with Gasteiger partial charge in [-0.2, -0.15) is 5.10 Å². The van der Waals surface area contributed by atoms with Crippen molar-refractivity contribution in [3.63, 3.8) is 0 Å². The lowest BCUT2D eigenvalue weighted by atomic mass is 10.6. The Morgan fingerprint density at radius 2 is 2.23 bits per heavy atom. The van der Waals surface area contributed by atoms with Gasteiger partial charge in [0.05, 0.1) is 21.7 Å². The topological polar surface area (TPSA) is 69.6 Å². The molecule has 5 nitrogen and oxygen atoms in total. The Labute approximate surface area is 88.1 Å². The Kier molecular flexibility index (Phi) is 2.13. The molecule has 0 bridgehead atoms. The van der Waals surface area contributed by atoms with E-state index in [1.165, 1.54) is 6.33 Å². The second-order valence-electron chi connectivity index (χ2n) is 2.41. The van der Waals surface area contributed by atoms with E-state index in [2.05, 4.69) is 37.7 Å². The fraction of sp³-hybridized carbons (Fsp3) is 0. The molecular formula is C7H6IN5. The highest BCUT2D eigenvalue weighted by Gasteiger charge is 2.03. The molecule has 2 rings (SSSR count). The maximum Gasteiger partial charge on any atom is 0.170 e. The molecule has 0 atom stereocenters. The van der Waals surface area contributed by atoms with E-state index in [1.54, 1.807) is 23.3 Å². The Balaban J connectivity index is 2.52. The van der Waals surface area contributed by atoms with E-state index in [0.717, 1.165) is 9.39 Å². The number of anilines is 1. The third-order valence-corrected chi connectivity index (χ3v) is 2.23. The predicted molar refractivity (Wildman–Crippen MR) is 56.3 cm³/mol. The molecule has 66 valence electrons. The summed E-state index contributed by atoms with van der Waals surface area (Å²) in [5, 5.41) is 4.04. The van der Waals surface area contributed by atoms with Crippen molar-refractivity contribution in [2.75, 3.05) is 5.73 Å². The van der Waals surface area contributed by atoms with Gasteiger partial charge < -0.3 is 5.73 Å². The average molecular weight is 287 g/mol. The van der Waals surface area contributed by atoms with Gasteiger partial charge >= 0.3 is 0 Å². The van der Waals surface area contributed by atoms with Crippen LogP contribution in [0.1, 0.15) is 0 Å². The lowest BCUT2D eigenvalue weighted by molar-refractivity contribution is 0.832. The quantitative estimate of drug-likeness (QED) is 0.789. The fourth-order valence-electron chi connectivity index (χ4n) is 0.927. The van der Waals surface area contributed by atoms with Crippen molar-refractivity contribution in [1.82, 2.24) is 19.7 Å². The first kappa shape index (κ1) is 8.42. The Morgan fingerprint density at radius 1 is 1.38 bits per heavy atom. The van der Waals surface area contributed by atoms with Crippen molar-refractivity contribution in [3.8, 4) is 5.82 Å². The lowest BCUT2D eigenvalue weighted by Crippen LogP contribution is -2.00. The van der Waals surface area contributed by atoms with E-state index >= 15 is 0 Å². The van der Waals surface area contributed by atoms with Gasteiger partial charge in [-0.15, -0.1) is 0 Å². The van der Waals surface area contributed by atoms with E-state index < -0.39 is 0 Å². The highest BCUT2D eigenvalue weighted by molar-refractivity contribution is 14.1. The van der Waals surface area contributed by atoms with Crippen molar-refractivity contribution >= 4 is 28.3 Å². The number of rotatable bonds is 1. The molecule has 0 saturated heterocycles. The van der Waals surface area contributed by atoms with E-state index in [0.29, 0.717) is 5.69 Å². The van der Waals surface area contributed by atoms with Crippen LogP contribution in [0.5, 0.6) is 0 Å². The zero-order chi connectivity index (χ0) is 9.26. The van der Waals surface area contributed by atoms with Crippen molar-refractivity contribution in [3.05, 3.63) is 28.5 Å². The van der Waals surface area contributed by atoms with Gasteiger partial charge in [-0.3, -0.25) is 0 Å². The summed E-state index contributed by atoms with van der Waals surface area (Å²) < 4.78 is 2.56. The van der Waals surface area contributed by atoms with Gasteiger partial charge in [0.25, 0.3) is 0 Å². The van der Waals surface area contributed by atoms with E-state index in [1.807, 2.05) is 0 Å². The molecule has 0 aliphatic heterocycles. The molecule has 0 unspecified atom stereocenters.